The van der Waals surface area contributed by atoms with Crippen LogP contribution in [0.4, 0.5) is 5.00 Å². The van der Waals surface area contributed by atoms with E-state index in [0.717, 1.165) is 72.7 Å². The molecular formula is C32H34N2O3S. The highest BCUT2D eigenvalue weighted by atomic mass is 32.1. The van der Waals surface area contributed by atoms with Crippen molar-refractivity contribution in [1.29, 1.82) is 0 Å². The number of para-hydroxylation sites is 1. The highest BCUT2D eigenvalue weighted by Crippen LogP contribution is 2.39. The Morgan fingerprint density at radius 1 is 1.03 bits per heavy atom. The van der Waals surface area contributed by atoms with E-state index in [9.17, 15) is 9.59 Å². The lowest BCUT2D eigenvalue weighted by Gasteiger charge is -2.13. The van der Waals surface area contributed by atoms with Crippen LogP contribution in [0.5, 0.6) is 0 Å². The van der Waals surface area contributed by atoms with Crippen molar-refractivity contribution in [3.05, 3.63) is 81.7 Å². The molecule has 2 heterocycles. The number of ether oxygens (including phenoxy) is 1. The van der Waals surface area contributed by atoms with Crippen molar-refractivity contribution in [1.82, 2.24) is 4.98 Å². The third kappa shape index (κ3) is 5.51. The number of benzene rings is 2. The predicted molar refractivity (Wildman–Crippen MR) is 155 cm³/mol. The number of rotatable bonds is 7. The maximum Gasteiger partial charge on any atom is 0.341 e. The van der Waals surface area contributed by atoms with Crippen LogP contribution in [-0.2, 0) is 24.0 Å². The summed E-state index contributed by atoms with van der Waals surface area (Å²) in [6.45, 7) is 5.87. The number of hydrogen-bond acceptors (Lipinski definition) is 5. The number of hydrogen-bond donors (Lipinski definition) is 1. The van der Waals surface area contributed by atoms with Gasteiger partial charge in [0.2, 0.25) is 0 Å². The average Bonchev–Trinajstić information content (AvgIpc) is 3.08. The number of pyridine rings is 1. The number of aromatic nitrogens is 1. The first-order valence-corrected chi connectivity index (χ1v) is 14.4. The normalized spacial score (nSPS) is 13.3. The maximum absolute atomic E-state index is 13.8. The lowest BCUT2D eigenvalue weighted by molar-refractivity contribution is 0.0378. The molecule has 1 aliphatic carbocycles. The number of fused-ring (bicyclic) bond motifs is 2. The molecule has 0 aliphatic heterocycles. The number of carbonyl (C=O) groups is 2. The summed E-state index contributed by atoms with van der Waals surface area (Å²) in [4.78, 5) is 33.1. The molecule has 4 aromatic rings. The zero-order valence-corrected chi connectivity index (χ0v) is 23.1. The van der Waals surface area contributed by atoms with Gasteiger partial charge in [0.1, 0.15) is 5.00 Å². The highest BCUT2D eigenvalue weighted by Gasteiger charge is 2.28. The largest absolute Gasteiger partial charge is 0.459 e. The van der Waals surface area contributed by atoms with Gasteiger partial charge in [0.15, 0.2) is 0 Å². The number of anilines is 1. The monoisotopic (exact) mass is 526 g/mol. The highest BCUT2D eigenvalue weighted by molar-refractivity contribution is 7.17. The van der Waals surface area contributed by atoms with Gasteiger partial charge in [0.25, 0.3) is 5.91 Å². The lowest BCUT2D eigenvalue weighted by Crippen LogP contribution is -2.18. The standard InChI is InChI=1S/C32H34N2O3S/c1-4-10-21-15-17-22(18-16-21)27-19-25(23-11-8-9-13-26(23)33-27)30(35)34-31-29(32(36)37-20(2)3)24-12-6-5-7-14-28(24)38-31/h8-9,11,13,15-20H,4-7,10,12,14H2,1-3H3,(H,34,35). The number of aryl methyl sites for hydroxylation is 2. The van der Waals surface area contributed by atoms with Gasteiger partial charge in [0, 0.05) is 15.8 Å². The molecule has 2 aromatic carbocycles. The van der Waals surface area contributed by atoms with Gasteiger partial charge in [-0.25, -0.2) is 9.78 Å². The number of amides is 1. The van der Waals surface area contributed by atoms with E-state index in [-0.39, 0.29) is 18.0 Å². The van der Waals surface area contributed by atoms with Crippen LogP contribution >= 0.6 is 11.3 Å². The molecule has 5 nitrogen and oxygen atoms in total. The average molecular weight is 527 g/mol. The second-order valence-electron chi connectivity index (χ2n) is 10.2. The van der Waals surface area contributed by atoms with E-state index in [2.05, 4.69) is 36.5 Å². The Labute approximate surface area is 228 Å². The fourth-order valence-corrected chi connectivity index (χ4v) is 6.40. The Morgan fingerprint density at radius 2 is 1.79 bits per heavy atom. The molecule has 0 saturated heterocycles. The van der Waals surface area contributed by atoms with Crippen molar-refractivity contribution in [3.8, 4) is 11.3 Å². The number of carbonyl (C=O) groups excluding carboxylic acids is 2. The fourth-order valence-electron chi connectivity index (χ4n) is 5.13. The first-order valence-electron chi connectivity index (χ1n) is 13.6. The third-order valence-electron chi connectivity index (χ3n) is 6.94. The summed E-state index contributed by atoms with van der Waals surface area (Å²) in [6.07, 6.45) is 6.93. The van der Waals surface area contributed by atoms with Crippen molar-refractivity contribution >= 4 is 39.1 Å². The molecule has 0 radical (unpaired) electrons. The predicted octanol–water partition coefficient (Wildman–Crippen LogP) is 8.00. The topological polar surface area (TPSA) is 68.3 Å². The summed E-state index contributed by atoms with van der Waals surface area (Å²) in [5, 5.41) is 4.47. The van der Waals surface area contributed by atoms with Crippen LogP contribution in [-0.4, -0.2) is 23.0 Å². The molecule has 5 rings (SSSR count). The Hall–Kier alpha value is -3.51. The lowest BCUT2D eigenvalue weighted by atomic mass is 10.0. The first-order chi connectivity index (χ1) is 18.4. The summed E-state index contributed by atoms with van der Waals surface area (Å²) in [5.41, 5.74) is 5.87. The van der Waals surface area contributed by atoms with Crippen molar-refractivity contribution in [2.24, 2.45) is 0 Å². The number of thiophene rings is 1. The van der Waals surface area contributed by atoms with Crippen molar-refractivity contribution in [2.45, 2.75) is 71.8 Å². The molecule has 6 heteroatoms. The third-order valence-corrected chi connectivity index (χ3v) is 8.15. The van der Waals surface area contributed by atoms with Crippen LogP contribution in [0.15, 0.2) is 54.6 Å². The smallest absolute Gasteiger partial charge is 0.341 e. The molecule has 0 unspecified atom stereocenters. The van der Waals surface area contributed by atoms with Crippen LogP contribution in [0.1, 0.15) is 83.2 Å². The molecule has 0 spiro atoms. The van der Waals surface area contributed by atoms with E-state index < -0.39 is 0 Å². The fraction of sp³-hybridized carbons (Fsp3) is 0.344. The molecule has 1 N–H and O–H groups in total. The first kappa shape index (κ1) is 26.1. The molecule has 0 saturated carbocycles. The Morgan fingerprint density at radius 3 is 2.55 bits per heavy atom. The van der Waals surface area contributed by atoms with Gasteiger partial charge in [-0.3, -0.25) is 4.79 Å². The van der Waals surface area contributed by atoms with E-state index in [1.807, 2.05) is 44.2 Å². The Bertz CT molecular complexity index is 1470. The molecule has 196 valence electrons. The van der Waals surface area contributed by atoms with Gasteiger partial charge in [0.05, 0.1) is 28.4 Å². The van der Waals surface area contributed by atoms with E-state index in [1.54, 1.807) is 0 Å². The zero-order chi connectivity index (χ0) is 26.6. The summed E-state index contributed by atoms with van der Waals surface area (Å²) >= 11 is 1.52. The van der Waals surface area contributed by atoms with Crippen LogP contribution in [0, 0.1) is 0 Å². The molecule has 1 amide bonds. The van der Waals surface area contributed by atoms with Crippen LogP contribution < -0.4 is 5.32 Å². The van der Waals surface area contributed by atoms with Crippen LogP contribution in [0.3, 0.4) is 0 Å². The minimum atomic E-state index is -0.359. The number of esters is 1. The van der Waals surface area contributed by atoms with E-state index >= 15 is 0 Å². The van der Waals surface area contributed by atoms with Crippen LogP contribution in [0.2, 0.25) is 0 Å². The van der Waals surface area contributed by atoms with E-state index in [4.69, 9.17) is 9.72 Å². The second kappa shape index (κ2) is 11.5. The van der Waals surface area contributed by atoms with Crippen molar-refractivity contribution in [3.63, 3.8) is 0 Å². The summed E-state index contributed by atoms with van der Waals surface area (Å²) in [5.74, 6) is -0.607. The number of nitrogens with one attached hydrogen (secondary N) is 1. The van der Waals surface area contributed by atoms with Crippen molar-refractivity contribution < 1.29 is 14.3 Å². The summed E-state index contributed by atoms with van der Waals surface area (Å²) in [7, 11) is 0. The van der Waals surface area contributed by atoms with Gasteiger partial charge in [-0.1, -0.05) is 62.2 Å². The number of nitrogens with zero attached hydrogens (tertiary/aromatic N) is 1. The molecule has 0 fully saturated rings. The minimum Gasteiger partial charge on any atom is -0.459 e. The van der Waals surface area contributed by atoms with E-state index in [1.165, 1.54) is 21.8 Å². The molecule has 38 heavy (non-hydrogen) atoms. The SMILES string of the molecule is CCCc1ccc(-c2cc(C(=O)Nc3sc4c(c3C(=O)OC(C)C)CCCCC4)c3ccccc3n2)cc1. The Kier molecular flexibility index (Phi) is 7.89. The van der Waals surface area contributed by atoms with Gasteiger partial charge in [-0.05, 0) is 69.2 Å². The molecule has 1 aliphatic rings. The van der Waals surface area contributed by atoms with Gasteiger partial charge < -0.3 is 10.1 Å². The second-order valence-corrected chi connectivity index (χ2v) is 11.3. The maximum atomic E-state index is 13.8. The quantitative estimate of drug-likeness (QED) is 0.196. The molecular weight excluding hydrogens is 492 g/mol. The van der Waals surface area contributed by atoms with Gasteiger partial charge in [-0.15, -0.1) is 11.3 Å². The molecule has 2 aromatic heterocycles. The molecule has 0 atom stereocenters. The van der Waals surface area contributed by atoms with Gasteiger partial charge >= 0.3 is 5.97 Å². The minimum absolute atomic E-state index is 0.234. The Balaban J connectivity index is 1.54. The summed E-state index contributed by atoms with van der Waals surface area (Å²) in [6, 6.07) is 17.9. The molecule has 0 bridgehead atoms. The van der Waals surface area contributed by atoms with E-state index in [0.29, 0.717) is 16.1 Å². The summed E-state index contributed by atoms with van der Waals surface area (Å²) < 4.78 is 5.61. The zero-order valence-electron chi connectivity index (χ0n) is 22.3. The van der Waals surface area contributed by atoms with Crippen molar-refractivity contribution in [2.75, 3.05) is 5.32 Å². The van der Waals surface area contributed by atoms with Crippen LogP contribution in [0.25, 0.3) is 22.2 Å². The van der Waals surface area contributed by atoms with Gasteiger partial charge in [-0.2, -0.15) is 0 Å².